The minimum atomic E-state index is -3.33. The van der Waals surface area contributed by atoms with Crippen molar-refractivity contribution in [1.29, 1.82) is 0 Å². The van der Waals surface area contributed by atoms with Crippen LogP contribution in [0.3, 0.4) is 0 Å². The lowest BCUT2D eigenvalue weighted by Gasteiger charge is -2.26. The fourth-order valence-corrected chi connectivity index (χ4v) is 4.09. The molecule has 1 aromatic heterocycles. The lowest BCUT2D eigenvalue weighted by molar-refractivity contribution is 0.134. The predicted molar refractivity (Wildman–Crippen MR) is 98.3 cm³/mol. The summed E-state index contributed by atoms with van der Waals surface area (Å²) in [6, 6.07) is 13.6. The zero-order valence-corrected chi connectivity index (χ0v) is 14.9. The lowest BCUT2D eigenvalue weighted by atomic mass is 10.0. The van der Waals surface area contributed by atoms with E-state index in [1.807, 2.05) is 42.5 Å². The summed E-state index contributed by atoms with van der Waals surface area (Å²) in [7, 11) is -3.33. The second kappa shape index (κ2) is 8.38. The van der Waals surface area contributed by atoms with E-state index in [0.717, 1.165) is 23.1 Å². The molecule has 0 unspecified atom stereocenters. The van der Waals surface area contributed by atoms with Gasteiger partial charge in [-0.05, 0) is 35.3 Å². The van der Waals surface area contributed by atoms with Gasteiger partial charge in [0.2, 0.25) is 10.0 Å². The molecule has 3 rings (SSSR count). The van der Waals surface area contributed by atoms with Crippen LogP contribution in [0, 0.1) is 0 Å². The van der Waals surface area contributed by atoms with Crippen LogP contribution in [-0.4, -0.2) is 43.2 Å². The SMILES string of the molecule is O=S(=O)(CCOCc1ccccc1)N1CCC=C(c2ccncc2)C1. The van der Waals surface area contributed by atoms with Gasteiger partial charge in [-0.2, -0.15) is 4.31 Å². The van der Waals surface area contributed by atoms with Crippen molar-refractivity contribution in [3.8, 4) is 0 Å². The molecule has 0 fully saturated rings. The highest BCUT2D eigenvalue weighted by atomic mass is 32.2. The van der Waals surface area contributed by atoms with Crippen LogP contribution in [0.4, 0.5) is 0 Å². The fourth-order valence-electron chi connectivity index (χ4n) is 2.79. The summed E-state index contributed by atoms with van der Waals surface area (Å²) >= 11 is 0. The zero-order chi connectivity index (χ0) is 17.5. The first-order valence-electron chi connectivity index (χ1n) is 8.34. The van der Waals surface area contributed by atoms with Gasteiger partial charge in [0.25, 0.3) is 0 Å². The number of pyridine rings is 1. The molecular weight excluding hydrogens is 336 g/mol. The van der Waals surface area contributed by atoms with Gasteiger partial charge in [-0.15, -0.1) is 0 Å². The zero-order valence-electron chi connectivity index (χ0n) is 14.0. The third-order valence-corrected chi connectivity index (χ3v) is 5.94. The van der Waals surface area contributed by atoms with Crippen molar-refractivity contribution in [3.63, 3.8) is 0 Å². The van der Waals surface area contributed by atoms with Crippen LogP contribution in [-0.2, 0) is 21.4 Å². The Kier molecular flexibility index (Phi) is 5.96. The summed E-state index contributed by atoms with van der Waals surface area (Å²) in [5.74, 6) is 0.00343. The molecule has 1 aromatic carbocycles. The van der Waals surface area contributed by atoms with E-state index in [9.17, 15) is 8.42 Å². The Morgan fingerprint density at radius 3 is 2.60 bits per heavy atom. The standard InChI is InChI=1S/C19H22N2O3S/c22-25(23,14-13-24-16-17-5-2-1-3-6-17)21-12-4-7-19(15-21)18-8-10-20-11-9-18/h1-3,5-11H,4,12-16H2. The third-order valence-electron chi connectivity index (χ3n) is 4.16. The van der Waals surface area contributed by atoms with Crippen molar-refractivity contribution in [1.82, 2.24) is 9.29 Å². The minimum Gasteiger partial charge on any atom is -0.376 e. The van der Waals surface area contributed by atoms with Crippen molar-refractivity contribution >= 4 is 15.6 Å². The molecule has 2 aromatic rings. The molecule has 1 aliphatic heterocycles. The van der Waals surface area contributed by atoms with Gasteiger partial charge in [0, 0.05) is 25.5 Å². The maximum absolute atomic E-state index is 12.6. The maximum Gasteiger partial charge on any atom is 0.216 e. The van der Waals surface area contributed by atoms with Crippen molar-refractivity contribution < 1.29 is 13.2 Å². The van der Waals surface area contributed by atoms with Crippen molar-refractivity contribution in [3.05, 3.63) is 72.1 Å². The van der Waals surface area contributed by atoms with E-state index >= 15 is 0 Å². The van der Waals surface area contributed by atoms with E-state index in [4.69, 9.17) is 4.74 Å². The number of hydrogen-bond acceptors (Lipinski definition) is 4. The van der Waals surface area contributed by atoms with Crippen molar-refractivity contribution in [2.75, 3.05) is 25.4 Å². The third kappa shape index (κ3) is 4.98. The van der Waals surface area contributed by atoms with Gasteiger partial charge in [0.1, 0.15) is 0 Å². The Morgan fingerprint density at radius 2 is 1.84 bits per heavy atom. The smallest absolute Gasteiger partial charge is 0.216 e. The molecule has 0 saturated carbocycles. The summed E-state index contributed by atoms with van der Waals surface area (Å²) in [4.78, 5) is 4.01. The number of hydrogen-bond donors (Lipinski definition) is 0. The normalized spacial score (nSPS) is 15.8. The van der Waals surface area contributed by atoms with Crippen LogP contribution >= 0.6 is 0 Å². The molecule has 0 radical (unpaired) electrons. The van der Waals surface area contributed by atoms with Crippen LogP contribution in [0.25, 0.3) is 5.57 Å². The van der Waals surface area contributed by atoms with Gasteiger partial charge in [-0.1, -0.05) is 36.4 Å². The molecule has 0 saturated heterocycles. The molecule has 2 heterocycles. The van der Waals surface area contributed by atoms with Gasteiger partial charge >= 0.3 is 0 Å². The Balaban J connectivity index is 1.53. The minimum absolute atomic E-state index is 0.00343. The van der Waals surface area contributed by atoms with E-state index in [0.29, 0.717) is 19.7 Å². The number of sulfonamides is 1. The molecule has 0 N–H and O–H groups in total. The molecule has 0 spiro atoms. The first kappa shape index (κ1) is 17.8. The number of benzene rings is 1. The molecule has 0 amide bonds. The van der Waals surface area contributed by atoms with E-state index in [2.05, 4.69) is 11.1 Å². The Morgan fingerprint density at radius 1 is 1.08 bits per heavy atom. The van der Waals surface area contributed by atoms with Gasteiger partial charge in [-0.25, -0.2) is 8.42 Å². The van der Waals surface area contributed by atoms with E-state index in [1.165, 1.54) is 0 Å². The summed E-state index contributed by atoms with van der Waals surface area (Å²) in [5, 5.41) is 0. The summed E-state index contributed by atoms with van der Waals surface area (Å²) < 4.78 is 32.2. The Hall–Kier alpha value is -2.02. The molecule has 0 bridgehead atoms. The molecule has 5 nitrogen and oxygen atoms in total. The fraction of sp³-hybridized carbons (Fsp3) is 0.316. The Bertz CT molecular complexity index is 805. The average Bonchev–Trinajstić information content (AvgIpc) is 2.67. The highest BCUT2D eigenvalue weighted by Crippen LogP contribution is 2.22. The van der Waals surface area contributed by atoms with Crippen molar-refractivity contribution in [2.24, 2.45) is 0 Å². The summed E-state index contributed by atoms with van der Waals surface area (Å²) in [6.45, 7) is 1.56. The van der Waals surface area contributed by atoms with Gasteiger partial charge in [-0.3, -0.25) is 4.98 Å². The van der Waals surface area contributed by atoms with Crippen LogP contribution in [0.1, 0.15) is 17.5 Å². The molecule has 0 aliphatic carbocycles. The Labute approximate surface area is 149 Å². The molecule has 0 atom stereocenters. The second-order valence-corrected chi connectivity index (χ2v) is 8.03. The first-order valence-corrected chi connectivity index (χ1v) is 9.95. The van der Waals surface area contributed by atoms with E-state index < -0.39 is 10.0 Å². The van der Waals surface area contributed by atoms with Gasteiger partial charge < -0.3 is 4.74 Å². The lowest BCUT2D eigenvalue weighted by Crippen LogP contribution is -2.38. The predicted octanol–water partition coefficient (Wildman–Crippen LogP) is 2.72. The largest absolute Gasteiger partial charge is 0.376 e. The number of nitrogens with zero attached hydrogens (tertiary/aromatic N) is 2. The van der Waals surface area contributed by atoms with Gasteiger partial charge in [0.15, 0.2) is 0 Å². The molecular formula is C19H22N2O3S. The number of aromatic nitrogens is 1. The molecule has 1 aliphatic rings. The number of rotatable bonds is 7. The van der Waals surface area contributed by atoms with Crippen LogP contribution < -0.4 is 0 Å². The monoisotopic (exact) mass is 358 g/mol. The highest BCUT2D eigenvalue weighted by Gasteiger charge is 2.25. The molecule has 6 heteroatoms. The van der Waals surface area contributed by atoms with Crippen LogP contribution in [0.5, 0.6) is 0 Å². The van der Waals surface area contributed by atoms with E-state index in [1.54, 1.807) is 16.7 Å². The summed E-state index contributed by atoms with van der Waals surface area (Å²) in [6.07, 6.45) is 6.27. The molecule has 25 heavy (non-hydrogen) atoms. The first-order chi connectivity index (χ1) is 12.1. The van der Waals surface area contributed by atoms with Crippen LogP contribution in [0.15, 0.2) is 60.9 Å². The van der Waals surface area contributed by atoms with E-state index in [-0.39, 0.29) is 12.4 Å². The highest BCUT2D eigenvalue weighted by molar-refractivity contribution is 7.89. The number of ether oxygens (including phenoxy) is 1. The summed E-state index contributed by atoms with van der Waals surface area (Å²) in [5.41, 5.74) is 3.10. The van der Waals surface area contributed by atoms with Gasteiger partial charge in [0.05, 0.1) is 19.0 Å². The maximum atomic E-state index is 12.6. The van der Waals surface area contributed by atoms with Crippen LogP contribution in [0.2, 0.25) is 0 Å². The average molecular weight is 358 g/mol. The second-order valence-electron chi connectivity index (χ2n) is 5.94. The van der Waals surface area contributed by atoms with Crippen molar-refractivity contribution in [2.45, 2.75) is 13.0 Å². The molecule has 132 valence electrons. The quantitative estimate of drug-likeness (QED) is 0.714. The topological polar surface area (TPSA) is 59.5 Å².